The number of carbonyl (C=O) groups is 1. The van der Waals surface area contributed by atoms with Crippen LogP contribution in [0.3, 0.4) is 0 Å². The average molecular weight is 598 g/mol. The minimum Gasteiger partial charge on any atom is -0.506 e. The molecule has 9 nitrogen and oxygen atoms in total. The summed E-state index contributed by atoms with van der Waals surface area (Å²) < 4.78 is 19.9. The molecule has 1 heterocycles. The van der Waals surface area contributed by atoms with Gasteiger partial charge in [-0.2, -0.15) is 0 Å². The Kier molecular flexibility index (Phi) is 9.53. The molecule has 0 aliphatic carbocycles. The quantitative estimate of drug-likeness (QED) is 0.109. The number of aromatic nitrogens is 1. The second-order valence-corrected chi connectivity index (χ2v) is 10.4. The smallest absolute Gasteiger partial charge is 0.405 e. The number of aliphatic hydroxyl groups excluding tert-OH is 1. The van der Waals surface area contributed by atoms with Crippen LogP contribution in [0.25, 0.3) is 10.9 Å². The maximum absolute atomic E-state index is 13.8. The molecule has 226 valence electrons. The number of fused-ring (bicyclic) bond motifs is 1. The molecule has 5 rings (SSSR count). The third-order valence-corrected chi connectivity index (χ3v) is 7.23. The van der Waals surface area contributed by atoms with Crippen molar-refractivity contribution in [2.24, 2.45) is 0 Å². The molecule has 0 aliphatic heterocycles. The van der Waals surface area contributed by atoms with E-state index in [4.69, 9.17) is 4.74 Å². The summed E-state index contributed by atoms with van der Waals surface area (Å²) >= 11 is 0. The highest BCUT2D eigenvalue weighted by atomic mass is 19.1. The van der Waals surface area contributed by atoms with Crippen molar-refractivity contribution in [3.63, 3.8) is 0 Å². The molecule has 0 radical (unpaired) electrons. The van der Waals surface area contributed by atoms with Gasteiger partial charge in [0, 0.05) is 18.0 Å². The fourth-order valence-electron chi connectivity index (χ4n) is 5.13. The number of aromatic hydroxyl groups is 1. The number of phenolic OH excluding ortho intramolecular Hbond substituents is 1. The first-order valence-corrected chi connectivity index (χ1v) is 14.1. The number of phenols is 1. The van der Waals surface area contributed by atoms with Crippen LogP contribution in [0.2, 0.25) is 0 Å². The molecular formula is C34H32FN3O6. The zero-order valence-electron chi connectivity index (χ0n) is 23.7. The molecule has 0 saturated carbocycles. The van der Waals surface area contributed by atoms with Gasteiger partial charge in [0.05, 0.1) is 17.7 Å². The minimum atomic E-state index is -1.22. The van der Waals surface area contributed by atoms with Crippen LogP contribution in [0.5, 0.6) is 11.5 Å². The number of carboxylic acid groups (broad SMARTS) is 1. The third-order valence-electron chi connectivity index (χ3n) is 7.23. The number of pyridine rings is 1. The van der Waals surface area contributed by atoms with E-state index >= 15 is 0 Å². The van der Waals surface area contributed by atoms with Crippen LogP contribution >= 0.6 is 0 Å². The van der Waals surface area contributed by atoms with Gasteiger partial charge in [0.2, 0.25) is 5.56 Å². The monoisotopic (exact) mass is 597 g/mol. The SMILES string of the molecule is O=C(O)NC(c1cccc(F)c1)c1cccc(OCc2cccc(CCNC[C@@H](O)c3ccc(O)c4[nH]c(=O)ccc34)c2)c1. The van der Waals surface area contributed by atoms with Crippen LogP contribution in [0, 0.1) is 5.82 Å². The summed E-state index contributed by atoms with van der Waals surface area (Å²) in [5.74, 6) is 0.0346. The van der Waals surface area contributed by atoms with Crippen molar-refractivity contribution < 1.29 is 29.2 Å². The Balaban J connectivity index is 1.17. The largest absolute Gasteiger partial charge is 0.506 e. The van der Waals surface area contributed by atoms with E-state index in [1.807, 2.05) is 24.3 Å². The normalized spacial score (nSPS) is 12.5. The number of hydrogen-bond acceptors (Lipinski definition) is 6. The summed E-state index contributed by atoms with van der Waals surface area (Å²) in [5, 5.41) is 36.5. The molecule has 5 aromatic rings. The summed E-state index contributed by atoms with van der Waals surface area (Å²) in [6.07, 6.45) is -1.36. The van der Waals surface area contributed by atoms with Gasteiger partial charge < -0.3 is 35.7 Å². The molecule has 0 spiro atoms. The van der Waals surface area contributed by atoms with Crippen molar-refractivity contribution >= 4 is 17.0 Å². The van der Waals surface area contributed by atoms with Gasteiger partial charge in [-0.3, -0.25) is 4.79 Å². The van der Waals surface area contributed by atoms with Crippen LogP contribution < -0.4 is 20.9 Å². The molecule has 0 bridgehead atoms. The van der Waals surface area contributed by atoms with Crippen molar-refractivity contribution in [2.75, 3.05) is 13.1 Å². The summed E-state index contributed by atoms with van der Waals surface area (Å²) in [6.45, 7) is 1.18. The summed E-state index contributed by atoms with van der Waals surface area (Å²) in [5.41, 5.74) is 3.68. The Morgan fingerprint density at radius 2 is 1.66 bits per heavy atom. The first-order chi connectivity index (χ1) is 21.3. The minimum absolute atomic E-state index is 0.0542. The van der Waals surface area contributed by atoms with Crippen LogP contribution in [0.1, 0.15) is 40.0 Å². The van der Waals surface area contributed by atoms with E-state index in [9.17, 15) is 29.3 Å². The predicted octanol–water partition coefficient (Wildman–Crippen LogP) is 5.17. The summed E-state index contributed by atoms with van der Waals surface area (Å²) in [7, 11) is 0. The van der Waals surface area contributed by atoms with Gasteiger partial charge in [-0.05, 0) is 77.2 Å². The van der Waals surface area contributed by atoms with Crippen LogP contribution in [0.4, 0.5) is 9.18 Å². The second kappa shape index (κ2) is 13.9. The van der Waals surface area contributed by atoms with E-state index in [-0.39, 0.29) is 24.5 Å². The van der Waals surface area contributed by atoms with Gasteiger partial charge in [-0.15, -0.1) is 0 Å². The fourth-order valence-corrected chi connectivity index (χ4v) is 5.13. The van der Waals surface area contributed by atoms with E-state index in [1.54, 1.807) is 42.5 Å². The van der Waals surface area contributed by atoms with Crippen LogP contribution in [0.15, 0.2) is 102 Å². The molecule has 6 N–H and O–H groups in total. The molecule has 2 atom stereocenters. The number of nitrogens with one attached hydrogen (secondary N) is 3. The number of halogens is 1. The number of ether oxygens (including phenoxy) is 1. The first-order valence-electron chi connectivity index (χ1n) is 14.1. The van der Waals surface area contributed by atoms with Crippen molar-refractivity contribution in [2.45, 2.75) is 25.2 Å². The van der Waals surface area contributed by atoms with Crippen molar-refractivity contribution in [3.8, 4) is 11.5 Å². The molecule has 44 heavy (non-hydrogen) atoms. The summed E-state index contributed by atoms with van der Waals surface area (Å²) in [4.78, 5) is 25.7. The van der Waals surface area contributed by atoms with E-state index in [0.29, 0.717) is 46.3 Å². The second-order valence-electron chi connectivity index (χ2n) is 10.4. The molecule has 0 fully saturated rings. The molecule has 4 aromatic carbocycles. The van der Waals surface area contributed by atoms with E-state index in [2.05, 4.69) is 15.6 Å². The van der Waals surface area contributed by atoms with Crippen molar-refractivity contribution in [1.82, 2.24) is 15.6 Å². The van der Waals surface area contributed by atoms with Crippen molar-refractivity contribution in [3.05, 3.63) is 141 Å². The third kappa shape index (κ3) is 7.60. The molecule has 1 aromatic heterocycles. The fraction of sp³-hybridized carbons (Fsp3) is 0.176. The zero-order chi connectivity index (χ0) is 31.1. The highest BCUT2D eigenvalue weighted by Gasteiger charge is 2.18. The molecule has 0 aliphatic rings. The van der Waals surface area contributed by atoms with E-state index in [1.165, 1.54) is 30.3 Å². The number of aromatic amines is 1. The van der Waals surface area contributed by atoms with Gasteiger partial charge in [0.25, 0.3) is 0 Å². The highest BCUT2D eigenvalue weighted by molar-refractivity contribution is 5.87. The lowest BCUT2D eigenvalue weighted by Crippen LogP contribution is -2.27. The maximum Gasteiger partial charge on any atom is 0.405 e. The highest BCUT2D eigenvalue weighted by Crippen LogP contribution is 2.29. The van der Waals surface area contributed by atoms with Crippen LogP contribution in [-0.4, -0.2) is 39.5 Å². The number of aliphatic hydroxyl groups is 1. The topological polar surface area (TPSA) is 144 Å². The Labute approximate surface area is 252 Å². The number of rotatable bonds is 12. The zero-order valence-corrected chi connectivity index (χ0v) is 23.7. The Morgan fingerprint density at radius 3 is 2.45 bits per heavy atom. The first kappa shape index (κ1) is 30.3. The average Bonchev–Trinajstić information content (AvgIpc) is 3.01. The molecular weight excluding hydrogens is 565 g/mol. The molecule has 0 saturated heterocycles. The van der Waals surface area contributed by atoms with Gasteiger partial charge >= 0.3 is 6.09 Å². The molecule has 1 unspecified atom stereocenters. The maximum atomic E-state index is 13.8. The number of benzene rings is 4. The Morgan fingerprint density at radius 1 is 0.909 bits per heavy atom. The van der Waals surface area contributed by atoms with E-state index < -0.39 is 24.1 Å². The van der Waals surface area contributed by atoms with Gasteiger partial charge in [-0.1, -0.05) is 54.6 Å². The van der Waals surface area contributed by atoms with Crippen LogP contribution in [-0.2, 0) is 13.0 Å². The lowest BCUT2D eigenvalue weighted by molar-refractivity contribution is 0.176. The number of H-pyrrole nitrogens is 1. The Hall–Kier alpha value is -5.19. The summed E-state index contributed by atoms with van der Waals surface area (Å²) in [6, 6.07) is 26.1. The number of hydrogen-bond donors (Lipinski definition) is 6. The Bertz CT molecular complexity index is 1830. The van der Waals surface area contributed by atoms with Gasteiger partial charge in [0.1, 0.15) is 23.9 Å². The lowest BCUT2D eigenvalue weighted by Gasteiger charge is -2.19. The predicted molar refractivity (Wildman–Crippen MR) is 164 cm³/mol. The van der Waals surface area contributed by atoms with E-state index in [0.717, 1.165) is 11.1 Å². The van der Waals surface area contributed by atoms with Crippen molar-refractivity contribution in [1.29, 1.82) is 0 Å². The van der Waals surface area contributed by atoms with Gasteiger partial charge in [-0.25, -0.2) is 9.18 Å². The number of amides is 1. The lowest BCUT2D eigenvalue weighted by atomic mass is 9.98. The molecule has 10 heteroatoms. The van der Waals surface area contributed by atoms with Gasteiger partial charge in [0.15, 0.2) is 0 Å². The standard InChI is InChI=1S/C34H32FN3O6/c35-25-8-2-6-23(17-25)32(38-34(42)43)24-7-3-9-26(18-24)44-20-22-5-1-4-21(16-22)14-15-36-19-30(40)27-10-12-29(39)33-28(27)11-13-31(41)37-33/h1-13,16-18,30,32,36,38-40H,14-15,19-20H2,(H,37,41)(H,42,43)/t30-,32?/m1/s1. The molecule has 1 amide bonds.